The maximum Gasteiger partial charge on any atom is 0.339 e. The summed E-state index contributed by atoms with van der Waals surface area (Å²) in [6.45, 7) is 8.71. The van der Waals surface area contributed by atoms with Crippen LogP contribution in [0.15, 0.2) is 63.6 Å². The summed E-state index contributed by atoms with van der Waals surface area (Å²) in [6.07, 6.45) is 3.49. The first kappa shape index (κ1) is 27.8. The van der Waals surface area contributed by atoms with Crippen molar-refractivity contribution >= 4 is 11.9 Å². The van der Waals surface area contributed by atoms with Crippen LogP contribution in [-0.2, 0) is 12.0 Å². The molecule has 2 aromatic carbocycles. The molecule has 0 radical (unpaired) electrons. The van der Waals surface area contributed by atoms with Gasteiger partial charge in [0, 0.05) is 35.3 Å². The number of aromatic nitrogens is 2. The van der Waals surface area contributed by atoms with E-state index in [0.717, 1.165) is 18.4 Å². The molecule has 0 unspecified atom stereocenters. The van der Waals surface area contributed by atoms with Crippen LogP contribution in [0.25, 0.3) is 22.8 Å². The molecule has 1 amide bonds. The summed E-state index contributed by atoms with van der Waals surface area (Å²) >= 11 is 0. The van der Waals surface area contributed by atoms with Gasteiger partial charge >= 0.3 is 5.97 Å². The number of furan rings is 1. The fourth-order valence-corrected chi connectivity index (χ4v) is 4.63. The van der Waals surface area contributed by atoms with Crippen molar-refractivity contribution in [2.24, 2.45) is 5.73 Å². The van der Waals surface area contributed by atoms with Gasteiger partial charge in [0.15, 0.2) is 0 Å². The van der Waals surface area contributed by atoms with Gasteiger partial charge in [-0.25, -0.2) is 4.79 Å². The minimum absolute atomic E-state index is 0.0353. The number of aromatic carboxylic acids is 1. The van der Waals surface area contributed by atoms with E-state index in [9.17, 15) is 14.7 Å². The number of carboxylic acid groups (broad SMARTS) is 1. The van der Waals surface area contributed by atoms with Crippen molar-refractivity contribution in [3.63, 3.8) is 0 Å². The average Bonchev–Trinajstić information content (AvgIpc) is 3.56. The molecule has 0 aliphatic carbocycles. The number of hydrogen-bond donors (Lipinski definition) is 2. The SMILES string of the molecule is CCCN(CCC)C(=O)c1cc(-c2nnc([C@](C)(N)Cc3ccccc3)o2)cc(-c2occ(C)c2C(=O)O)c1. The number of aryl methyl sites for hydroxylation is 1. The highest BCUT2D eigenvalue weighted by molar-refractivity contribution is 5.99. The van der Waals surface area contributed by atoms with E-state index < -0.39 is 11.5 Å². The number of carbonyl (C=O) groups is 2. The van der Waals surface area contributed by atoms with E-state index in [1.165, 1.54) is 6.26 Å². The number of benzene rings is 2. The summed E-state index contributed by atoms with van der Waals surface area (Å²) in [7, 11) is 0. The van der Waals surface area contributed by atoms with Crippen LogP contribution >= 0.6 is 0 Å². The number of carbonyl (C=O) groups excluding carboxylic acids is 1. The number of carboxylic acids is 1. The van der Waals surface area contributed by atoms with Crippen LogP contribution in [0.4, 0.5) is 0 Å². The second-order valence-electron chi connectivity index (χ2n) is 10.0. The van der Waals surface area contributed by atoms with Gasteiger partial charge in [0.2, 0.25) is 11.8 Å². The number of rotatable bonds is 11. The molecule has 9 heteroatoms. The Morgan fingerprint density at radius 3 is 2.33 bits per heavy atom. The normalized spacial score (nSPS) is 12.7. The Hall–Kier alpha value is -4.24. The van der Waals surface area contributed by atoms with Gasteiger partial charge in [-0.2, -0.15) is 0 Å². The van der Waals surface area contributed by atoms with Gasteiger partial charge in [-0.05, 0) is 56.9 Å². The minimum atomic E-state index is -1.12. The van der Waals surface area contributed by atoms with E-state index in [1.54, 1.807) is 30.0 Å². The van der Waals surface area contributed by atoms with Crippen LogP contribution in [0.3, 0.4) is 0 Å². The zero-order chi connectivity index (χ0) is 28.2. The van der Waals surface area contributed by atoms with Crippen molar-refractivity contribution < 1.29 is 23.5 Å². The topological polar surface area (TPSA) is 136 Å². The van der Waals surface area contributed by atoms with E-state index >= 15 is 0 Å². The Balaban J connectivity index is 1.79. The average molecular weight is 531 g/mol. The molecule has 3 N–H and O–H groups in total. The Bertz CT molecular complexity index is 1450. The van der Waals surface area contributed by atoms with Crippen molar-refractivity contribution in [2.45, 2.75) is 52.5 Å². The van der Waals surface area contributed by atoms with E-state index in [2.05, 4.69) is 10.2 Å². The molecule has 2 heterocycles. The Morgan fingerprint density at radius 2 is 1.69 bits per heavy atom. The Morgan fingerprint density at radius 1 is 1.03 bits per heavy atom. The summed E-state index contributed by atoms with van der Waals surface area (Å²) in [5, 5.41) is 18.3. The molecule has 0 aliphatic heterocycles. The van der Waals surface area contributed by atoms with E-state index in [1.807, 2.05) is 51.1 Å². The highest BCUT2D eigenvalue weighted by Crippen LogP contribution is 2.34. The van der Waals surface area contributed by atoms with Gasteiger partial charge in [-0.3, -0.25) is 4.79 Å². The van der Waals surface area contributed by atoms with Gasteiger partial charge in [0.25, 0.3) is 5.91 Å². The molecule has 0 saturated heterocycles. The zero-order valence-electron chi connectivity index (χ0n) is 22.7. The van der Waals surface area contributed by atoms with Crippen LogP contribution in [0.1, 0.15) is 71.3 Å². The third-order valence-electron chi connectivity index (χ3n) is 6.48. The molecule has 0 bridgehead atoms. The molecule has 0 spiro atoms. The van der Waals surface area contributed by atoms with Crippen molar-refractivity contribution in [3.8, 4) is 22.8 Å². The monoisotopic (exact) mass is 530 g/mol. The van der Waals surface area contributed by atoms with Gasteiger partial charge in [-0.15, -0.1) is 10.2 Å². The molecule has 39 heavy (non-hydrogen) atoms. The Labute approximate surface area is 227 Å². The first-order valence-corrected chi connectivity index (χ1v) is 13.1. The van der Waals surface area contributed by atoms with Crippen LogP contribution in [0.2, 0.25) is 0 Å². The maximum absolute atomic E-state index is 13.6. The highest BCUT2D eigenvalue weighted by atomic mass is 16.4. The maximum atomic E-state index is 13.6. The lowest BCUT2D eigenvalue weighted by Gasteiger charge is -2.22. The van der Waals surface area contributed by atoms with Crippen molar-refractivity contribution in [3.05, 3.63) is 82.9 Å². The second-order valence-corrected chi connectivity index (χ2v) is 10.0. The predicted molar refractivity (Wildman–Crippen MR) is 147 cm³/mol. The number of amides is 1. The van der Waals surface area contributed by atoms with Gasteiger partial charge < -0.3 is 24.6 Å². The number of nitrogens with two attached hydrogens (primary N) is 1. The van der Waals surface area contributed by atoms with Gasteiger partial charge in [0.1, 0.15) is 11.3 Å². The minimum Gasteiger partial charge on any atom is -0.478 e. The summed E-state index contributed by atoms with van der Waals surface area (Å²) in [4.78, 5) is 27.4. The lowest BCUT2D eigenvalue weighted by atomic mass is 9.94. The molecule has 9 nitrogen and oxygen atoms in total. The summed E-state index contributed by atoms with van der Waals surface area (Å²) in [6, 6.07) is 14.8. The van der Waals surface area contributed by atoms with Gasteiger partial charge in [0.05, 0.1) is 11.8 Å². The number of nitrogens with zero attached hydrogens (tertiary/aromatic N) is 3. The smallest absolute Gasteiger partial charge is 0.339 e. The largest absolute Gasteiger partial charge is 0.478 e. The summed E-state index contributed by atoms with van der Waals surface area (Å²) < 4.78 is 11.7. The fraction of sp³-hybridized carbons (Fsp3) is 0.333. The molecular formula is C30H34N4O5. The van der Waals surface area contributed by atoms with Crippen LogP contribution in [-0.4, -0.2) is 45.2 Å². The molecular weight excluding hydrogens is 496 g/mol. The lowest BCUT2D eigenvalue weighted by molar-refractivity contribution is 0.0695. The summed E-state index contributed by atoms with van der Waals surface area (Å²) in [5.41, 5.74) is 8.45. The molecule has 1 atom stereocenters. The summed E-state index contributed by atoms with van der Waals surface area (Å²) in [5.74, 6) is -0.718. The standard InChI is InChI=1S/C30H34N4O5/c1-5-12-34(13-6-2)27(35)23-15-21(25-24(28(36)37)19(3)18-38-25)14-22(16-23)26-32-33-29(39-26)30(4,31)17-20-10-8-7-9-11-20/h7-11,14-16,18H,5-6,12-13,17,31H2,1-4H3,(H,36,37)/t30-/m1/s1. The predicted octanol–water partition coefficient (Wildman–Crippen LogP) is 5.68. The van der Waals surface area contributed by atoms with Crippen LogP contribution < -0.4 is 5.73 Å². The van der Waals surface area contributed by atoms with Crippen molar-refractivity contribution in [1.29, 1.82) is 0 Å². The first-order valence-electron chi connectivity index (χ1n) is 13.1. The lowest BCUT2D eigenvalue weighted by Crippen LogP contribution is -2.35. The molecule has 0 fully saturated rings. The van der Waals surface area contributed by atoms with Crippen LogP contribution in [0.5, 0.6) is 0 Å². The highest BCUT2D eigenvalue weighted by Gasteiger charge is 2.30. The molecule has 0 saturated carbocycles. The second kappa shape index (κ2) is 11.7. The molecule has 2 aromatic heterocycles. The van der Waals surface area contributed by atoms with E-state index in [4.69, 9.17) is 14.6 Å². The van der Waals surface area contributed by atoms with E-state index in [0.29, 0.717) is 41.8 Å². The first-order chi connectivity index (χ1) is 18.6. The third-order valence-corrected chi connectivity index (χ3v) is 6.48. The Kier molecular flexibility index (Phi) is 8.30. The van der Waals surface area contributed by atoms with Crippen LogP contribution in [0, 0.1) is 6.92 Å². The zero-order valence-corrected chi connectivity index (χ0v) is 22.7. The molecule has 4 aromatic rings. The molecule has 0 aliphatic rings. The third kappa shape index (κ3) is 6.09. The van der Waals surface area contributed by atoms with E-state index in [-0.39, 0.29) is 29.0 Å². The van der Waals surface area contributed by atoms with Crippen molar-refractivity contribution in [2.75, 3.05) is 13.1 Å². The molecule has 4 rings (SSSR count). The molecule has 204 valence electrons. The number of hydrogen-bond acceptors (Lipinski definition) is 7. The van der Waals surface area contributed by atoms with Crippen molar-refractivity contribution in [1.82, 2.24) is 15.1 Å². The van der Waals surface area contributed by atoms with Gasteiger partial charge in [-0.1, -0.05) is 44.2 Å². The fourth-order valence-electron chi connectivity index (χ4n) is 4.63. The quantitative estimate of drug-likeness (QED) is 0.253.